The highest BCUT2D eigenvalue weighted by molar-refractivity contribution is 5.94. The van der Waals surface area contributed by atoms with Crippen molar-refractivity contribution in [2.24, 2.45) is 0 Å². The average Bonchev–Trinajstić information content (AvgIpc) is 3.19. The molecular weight excluding hydrogens is 370 g/mol. The van der Waals surface area contributed by atoms with Gasteiger partial charge in [-0.3, -0.25) is 4.79 Å². The van der Waals surface area contributed by atoms with E-state index in [2.05, 4.69) is 20.1 Å². The van der Waals surface area contributed by atoms with Gasteiger partial charge >= 0.3 is 6.61 Å². The first-order chi connectivity index (χ1) is 13.5. The lowest BCUT2D eigenvalue weighted by Crippen LogP contribution is -2.23. The van der Waals surface area contributed by atoms with Crippen LogP contribution >= 0.6 is 0 Å². The molecule has 0 saturated carbocycles. The Labute approximate surface area is 159 Å². The number of benzene rings is 2. The van der Waals surface area contributed by atoms with Gasteiger partial charge in [-0.15, -0.1) is 0 Å². The number of halogens is 2. The third kappa shape index (κ3) is 5.03. The maximum Gasteiger partial charge on any atom is 0.387 e. The van der Waals surface area contributed by atoms with Gasteiger partial charge in [0.1, 0.15) is 12.7 Å². The largest absolute Gasteiger partial charge is 0.493 e. The first-order valence-corrected chi connectivity index (χ1v) is 8.36. The quantitative estimate of drug-likeness (QED) is 0.642. The molecule has 7 nitrogen and oxygen atoms in total. The van der Waals surface area contributed by atoms with E-state index < -0.39 is 6.61 Å². The SMILES string of the molecule is COc1cc(C(=O)NCc2cccc(Cn3cncn3)c2)ccc1OC(F)F. The maximum atomic E-state index is 12.4. The summed E-state index contributed by atoms with van der Waals surface area (Å²) >= 11 is 0. The molecule has 0 fully saturated rings. The lowest BCUT2D eigenvalue weighted by molar-refractivity contribution is -0.0512. The number of nitrogens with one attached hydrogen (secondary N) is 1. The zero-order chi connectivity index (χ0) is 19.9. The highest BCUT2D eigenvalue weighted by atomic mass is 19.3. The van der Waals surface area contributed by atoms with Crippen LogP contribution in [0.2, 0.25) is 0 Å². The van der Waals surface area contributed by atoms with E-state index in [1.54, 1.807) is 11.0 Å². The summed E-state index contributed by atoms with van der Waals surface area (Å²) < 4.78 is 35.9. The van der Waals surface area contributed by atoms with Crippen LogP contribution in [0.4, 0.5) is 8.78 Å². The molecule has 3 rings (SSSR count). The van der Waals surface area contributed by atoms with Crippen LogP contribution < -0.4 is 14.8 Å². The first-order valence-electron chi connectivity index (χ1n) is 8.36. The Morgan fingerprint density at radius 2 is 2.00 bits per heavy atom. The fourth-order valence-electron chi connectivity index (χ4n) is 2.63. The van der Waals surface area contributed by atoms with E-state index in [0.717, 1.165) is 11.1 Å². The second-order valence-electron chi connectivity index (χ2n) is 5.84. The van der Waals surface area contributed by atoms with Gasteiger partial charge in [0.25, 0.3) is 5.91 Å². The molecule has 1 heterocycles. The summed E-state index contributed by atoms with van der Waals surface area (Å²) in [5, 5.41) is 6.86. The number of carbonyl (C=O) groups excluding carboxylic acids is 1. The number of methoxy groups -OCH3 is 1. The second-order valence-corrected chi connectivity index (χ2v) is 5.84. The average molecular weight is 388 g/mol. The summed E-state index contributed by atoms with van der Waals surface area (Å²) in [4.78, 5) is 16.3. The Morgan fingerprint density at radius 1 is 1.18 bits per heavy atom. The number of amides is 1. The fraction of sp³-hybridized carbons (Fsp3) is 0.211. The minimum atomic E-state index is -2.97. The maximum absolute atomic E-state index is 12.4. The lowest BCUT2D eigenvalue weighted by Gasteiger charge is -2.12. The van der Waals surface area contributed by atoms with E-state index in [4.69, 9.17) is 4.74 Å². The van der Waals surface area contributed by atoms with E-state index in [1.165, 1.54) is 31.6 Å². The van der Waals surface area contributed by atoms with Crippen molar-refractivity contribution < 1.29 is 23.0 Å². The molecule has 0 saturated heterocycles. The van der Waals surface area contributed by atoms with E-state index in [9.17, 15) is 13.6 Å². The van der Waals surface area contributed by atoms with Crippen molar-refractivity contribution >= 4 is 5.91 Å². The minimum Gasteiger partial charge on any atom is -0.493 e. The normalized spacial score (nSPS) is 10.7. The van der Waals surface area contributed by atoms with Gasteiger partial charge in [0.15, 0.2) is 11.5 Å². The second kappa shape index (κ2) is 8.94. The third-order valence-corrected chi connectivity index (χ3v) is 3.90. The van der Waals surface area contributed by atoms with E-state index >= 15 is 0 Å². The molecule has 0 aliphatic carbocycles. The van der Waals surface area contributed by atoms with Crippen molar-refractivity contribution in [2.75, 3.05) is 7.11 Å². The Bertz CT molecular complexity index is 933. The summed E-state index contributed by atoms with van der Waals surface area (Å²) in [6.07, 6.45) is 3.10. The summed E-state index contributed by atoms with van der Waals surface area (Å²) in [6.45, 7) is -2.09. The number of nitrogens with zero attached hydrogens (tertiary/aromatic N) is 3. The van der Waals surface area contributed by atoms with Crippen LogP contribution in [0.15, 0.2) is 55.1 Å². The molecule has 1 amide bonds. The Morgan fingerprint density at radius 3 is 2.71 bits per heavy atom. The summed E-state index contributed by atoms with van der Waals surface area (Å²) in [7, 11) is 1.32. The molecule has 9 heteroatoms. The van der Waals surface area contributed by atoms with Gasteiger partial charge < -0.3 is 14.8 Å². The molecule has 0 radical (unpaired) electrons. The number of hydrogen-bond donors (Lipinski definition) is 1. The van der Waals surface area contributed by atoms with Crippen LogP contribution in [0.5, 0.6) is 11.5 Å². The fourth-order valence-corrected chi connectivity index (χ4v) is 2.63. The van der Waals surface area contributed by atoms with Crippen molar-refractivity contribution in [2.45, 2.75) is 19.7 Å². The van der Waals surface area contributed by atoms with Crippen LogP contribution in [0, 0.1) is 0 Å². The number of hydrogen-bond acceptors (Lipinski definition) is 5. The van der Waals surface area contributed by atoms with Crippen molar-refractivity contribution in [3.63, 3.8) is 0 Å². The van der Waals surface area contributed by atoms with Crippen molar-refractivity contribution in [3.05, 3.63) is 71.8 Å². The molecule has 0 bridgehead atoms. The molecule has 0 atom stereocenters. The van der Waals surface area contributed by atoms with Gasteiger partial charge in [0, 0.05) is 12.1 Å². The van der Waals surface area contributed by atoms with Crippen LogP contribution in [0.25, 0.3) is 0 Å². The number of rotatable bonds is 8. The number of aromatic nitrogens is 3. The predicted octanol–water partition coefficient (Wildman–Crippen LogP) is 2.87. The summed E-state index contributed by atoms with van der Waals surface area (Å²) in [5.41, 5.74) is 2.21. The van der Waals surface area contributed by atoms with Crippen molar-refractivity contribution in [1.29, 1.82) is 0 Å². The molecule has 3 aromatic rings. The van der Waals surface area contributed by atoms with E-state index in [-0.39, 0.29) is 23.0 Å². The molecule has 1 aromatic heterocycles. The zero-order valence-electron chi connectivity index (χ0n) is 15.0. The van der Waals surface area contributed by atoms with Gasteiger partial charge in [0.2, 0.25) is 0 Å². The topological polar surface area (TPSA) is 78.3 Å². The molecule has 0 unspecified atom stereocenters. The number of ether oxygens (including phenoxy) is 2. The van der Waals surface area contributed by atoms with Gasteiger partial charge in [-0.2, -0.15) is 13.9 Å². The molecule has 1 N–H and O–H groups in total. The van der Waals surface area contributed by atoms with Crippen LogP contribution in [0.1, 0.15) is 21.5 Å². The van der Waals surface area contributed by atoms with Crippen LogP contribution in [-0.4, -0.2) is 34.4 Å². The lowest BCUT2D eigenvalue weighted by atomic mass is 10.1. The standard InChI is InChI=1S/C19H18F2N4O3/c1-27-17-8-15(5-6-16(17)28-19(20)21)18(26)23-9-13-3-2-4-14(7-13)10-25-12-22-11-24-25/h2-8,11-12,19H,9-10H2,1H3,(H,23,26). The van der Waals surface area contributed by atoms with Gasteiger partial charge in [-0.05, 0) is 29.3 Å². The van der Waals surface area contributed by atoms with E-state index in [0.29, 0.717) is 13.1 Å². The van der Waals surface area contributed by atoms with Crippen LogP contribution in [-0.2, 0) is 13.1 Å². The molecule has 28 heavy (non-hydrogen) atoms. The molecular formula is C19H18F2N4O3. The molecule has 0 aliphatic heterocycles. The molecule has 146 valence electrons. The number of alkyl halides is 2. The molecule has 0 spiro atoms. The summed E-state index contributed by atoms with van der Waals surface area (Å²) in [6, 6.07) is 11.7. The first kappa shape index (κ1) is 19.3. The Balaban J connectivity index is 1.64. The monoisotopic (exact) mass is 388 g/mol. The highest BCUT2D eigenvalue weighted by Crippen LogP contribution is 2.29. The zero-order valence-corrected chi connectivity index (χ0v) is 15.0. The molecule has 0 aliphatic rings. The minimum absolute atomic E-state index is 0.0581. The van der Waals surface area contributed by atoms with E-state index in [1.807, 2.05) is 24.3 Å². The number of carbonyl (C=O) groups is 1. The van der Waals surface area contributed by atoms with Gasteiger partial charge in [0.05, 0.1) is 13.7 Å². The Hall–Kier alpha value is -3.49. The van der Waals surface area contributed by atoms with Gasteiger partial charge in [-0.25, -0.2) is 9.67 Å². The Kier molecular flexibility index (Phi) is 6.15. The van der Waals surface area contributed by atoms with Crippen molar-refractivity contribution in [3.8, 4) is 11.5 Å². The van der Waals surface area contributed by atoms with Crippen molar-refractivity contribution in [1.82, 2.24) is 20.1 Å². The molecule has 2 aromatic carbocycles. The third-order valence-electron chi connectivity index (χ3n) is 3.90. The smallest absolute Gasteiger partial charge is 0.387 e. The van der Waals surface area contributed by atoms with Crippen LogP contribution in [0.3, 0.4) is 0 Å². The summed E-state index contributed by atoms with van der Waals surface area (Å²) in [5.74, 6) is -0.429. The predicted molar refractivity (Wildman–Crippen MR) is 96.4 cm³/mol. The highest BCUT2D eigenvalue weighted by Gasteiger charge is 2.14. The van der Waals surface area contributed by atoms with Gasteiger partial charge in [-0.1, -0.05) is 24.3 Å².